The lowest BCUT2D eigenvalue weighted by atomic mass is 10.2. The van der Waals surface area contributed by atoms with Gasteiger partial charge in [-0.15, -0.1) is 0 Å². The number of nitrogens with one attached hydrogen (secondary N) is 1. The Morgan fingerprint density at radius 3 is 3.16 bits per heavy atom. The van der Waals surface area contributed by atoms with Gasteiger partial charge in [-0.1, -0.05) is 24.9 Å². The topological polar surface area (TPSA) is 46.9 Å². The molecule has 2 rings (SSSR count). The summed E-state index contributed by atoms with van der Waals surface area (Å²) in [5, 5.41) is 7.80. The molecule has 0 saturated carbocycles. The van der Waals surface area contributed by atoms with Gasteiger partial charge in [0.15, 0.2) is 0 Å². The number of aromatic nitrogens is 2. The molecule has 1 aliphatic rings. The Kier molecular flexibility index (Phi) is 5.58. The maximum Gasteiger partial charge on any atom is 0.287 e. The van der Waals surface area contributed by atoms with Crippen molar-refractivity contribution >= 4 is 29.1 Å². The van der Waals surface area contributed by atoms with E-state index in [-0.39, 0.29) is 10.6 Å². The summed E-state index contributed by atoms with van der Waals surface area (Å²) in [5.41, 5.74) is 0.482. The lowest BCUT2D eigenvalue weighted by Crippen LogP contribution is -2.29. The molecule has 106 valence electrons. The zero-order chi connectivity index (χ0) is 13.7. The number of unbranched alkanes of at least 4 members (excludes halogenated alkanes) is 1. The Morgan fingerprint density at radius 2 is 2.47 bits per heavy atom. The summed E-state index contributed by atoms with van der Waals surface area (Å²) >= 11 is 8.09. The van der Waals surface area contributed by atoms with Crippen molar-refractivity contribution in [2.75, 3.05) is 16.8 Å². The molecule has 0 amide bonds. The van der Waals surface area contributed by atoms with Crippen molar-refractivity contribution in [2.24, 2.45) is 0 Å². The molecule has 1 N–H and O–H groups in total. The van der Waals surface area contributed by atoms with Gasteiger partial charge in [0, 0.05) is 18.3 Å². The monoisotopic (exact) mass is 301 g/mol. The number of thioether (sulfide) groups is 1. The van der Waals surface area contributed by atoms with E-state index >= 15 is 0 Å². The second-order valence-corrected chi connectivity index (χ2v) is 6.34. The predicted octanol–water partition coefficient (Wildman–Crippen LogP) is 3.00. The molecular formula is C13H20ClN3OS. The largest absolute Gasteiger partial charge is 0.379 e. The van der Waals surface area contributed by atoms with Crippen LogP contribution >= 0.6 is 23.4 Å². The van der Waals surface area contributed by atoms with Gasteiger partial charge in [0.05, 0.1) is 11.9 Å². The van der Waals surface area contributed by atoms with Gasteiger partial charge in [0.2, 0.25) is 0 Å². The van der Waals surface area contributed by atoms with Gasteiger partial charge in [-0.3, -0.25) is 4.79 Å². The van der Waals surface area contributed by atoms with Gasteiger partial charge in [-0.25, -0.2) is 4.68 Å². The quantitative estimate of drug-likeness (QED) is 0.908. The number of hydrogen-bond donors (Lipinski definition) is 1. The molecule has 1 unspecified atom stereocenters. The fourth-order valence-electron chi connectivity index (χ4n) is 2.11. The minimum absolute atomic E-state index is 0.191. The van der Waals surface area contributed by atoms with Gasteiger partial charge in [-0.2, -0.15) is 16.9 Å². The summed E-state index contributed by atoms with van der Waals surface area (Å²) in [5.74, 6) is 2.29. The van der Waals surface area contributed by atoms with E-state index in [4.69, 9.17) is 11.6 Å². The molecule has 1 atom stereocenters. The van der Waals surface area contributed by atoms with Gasteiger partial charge >= 0.3 is 0 Å². The Balaban J connectivity index is 2.09. The van der Waals surface area contributed by atoms with Crippen LogP contribution in [-0.2, 0) is 6.54 Å². The molecule has 1 aliphatic heterocycles. The number of rotatable bonds is 5. The third-order valence-corrected chi connectivity index (χ3v) is 4.81. The highest BCUT2D eigenvalue weighted by Crippen LogP contribution is 2.23. The van der Waals surface area contributed by atoms with Crippen molar-refractivity contribution < 1.29 is 0 Å². The van der Waals surface area contributed by atoms with E-state index in [1.807, 2.05) is 11.8 Å². The number of aryl methyl sites for hydroxylation is 1. The first kappa shape index (κ1) is 14.7. The van der Waals surface area contributed by atoms with E-state index in [1.54, 1.807) is 6.20 Å². The predicted molar refractivity (Wildman–Crippen MR) is 82.4 cm³/mol. The summed E-state index contributed by atoms with van der Waals surface area (Å²) in [6.45, 7) is 2.72. The molecule has 0 radical (unpaired) electrons. The lowest BCUT2D eigenvalue weighted by Gasteiger charge is -2.23. The molecule has 0 aliphatic carbocycles. The normalized spacial score (nSPS) is 19.4. The van der Waals surface area contributed by atoms with Crippen LogP contribution in [0.1, 0.15) is 32.6 Å². The molecule has 0 aromatic carbocycles. The van der Waals surface area contributed by atoms with Crippen LogP contribution in [0.2, 0.25) is 5.02 Å². The number of nitrogens with zero attached hydrogens (tertiary/aromatic N) is 2. The maximum absolute atomic E-state index is 12.1. The Morgan fingerprint density at radius 1 is 1.63 bits per heavy atom. The highest BCUT2D eigenvalue weighted by atomic mass is 35.5. The molecule has 0 bridgehead atoms. The zero-order valence-electron chi connectivity index (χ0n) is 11.2. The lowest BCUT2D eigenvalue weighted by molar-refractivity contribution is 0.543. The summed E-state index contributed by atoms with van der Waals surface area (Å²) in [4.78, 5) is 12.1. The molecule has 4 nitrogen and oxygen atoms in total. The van der Waals surface area contributed by atoms with Crippen LogP contribution in [0.15, 0.2) is 11.0 Å². The van der Waals surface area contributed by atoms with Gasteiger partial charge in [0.25, 0.3) is 5.56 Å². The van der Waals surface area contributed by atoms with Gasteiger partial charge < -0.3 is 5.32 Å². The van der Waals surface area contributed by atoms with E-state index in [1.165, 1.54) is 16.9 Å². The van der Waals surface area contributed by atoms with Crippen LogP contribution in [0.3, 0.4) is 0 Å². The molecule has 1 fully saturated rings. The molecular weight excluding hydrogens is 282 g/mol. The summed E-state index contributed by atoms with van der Waals surface area (Å²) in [6.07, 6.45) is 5.99. The zero-order valence-corrected chi connectivity index (χ0v) is 12.8. The van der Waals surface area contributed by atoms with Crippen LogP contribution in [0, 0.1) is 0 Å². The molecule has 6 heteroatoms. The number of halogens is 1. The fraction of sp³-hybridized carbons (Fsp3) is 0.692. The minimum atomic E-state index is -0.191. The molecule has 1 aromatic heterocycles. The standard InChI is InChI=1S/C13H20ClN3OS/c1-2-3-6-17-13(18)12(14)11(8-15-17)16-10-5-4-7-19-9-10/h8,10,16H,2-7,9H2,1H3. The highest BCUT2D eigenvalue weighted by Gasteiger charge is 2.16. The molecule has 19 heavy (non-hydrogen) atoms. The van der Waals surface area contributed by atoms with Crippen LogP contribution in [0.4, 0.5) is 5.69 Å². The van der Waals surface area contributed by atoms with Crippen LogP contribution in [0.25, 0.3) is 0 Å². The molecule has 1 aromatic rings. The maximum atomic E-state index is 12.1. The van der Waals surface area contributed by atoms with Crippen molar-refractivity contribution in [2.45, 2.75) is 45.2 Å². The Bertz CT molecular complexity index is 471. The Hall–Kier alpha value is -0.680. The van der Waals surface area contributed by atoms with Gasteiger partial charge in [0.1, 0.15) is 5.02 Å². The minimum Gasteiger partial charge on any atom is -0.379 e. The second kappa shape index (κ2) is 7.20. The third-order valence-electron chi connectivity index (χ3n) is 3.23. The average molecular weight is 302 g/mol. The number of hydrogen-bond acceptors (Lipinski definition) is 4. The van der Waals surface area contributed by atoms with Crippen LogP contribution in [0.5, 0.6) is 0 Å². The van der Waals surface area contributed by atoms with E-state index in [0.29, 0.717) is 18.3 Å². The van der Waals surface area contributed by atoms with Crippen molar-refractivity contribution in [3.63, 3.8) is 0 Å². The van der Waals surface area contributed by atoms with Crippen molar-refractivity contribution in [1.82, 2.24) is 9.78 Å². The molecule has 0 spiro atoms. The first-order valence-electron chi connectivity index (χ1n) is 6.82. The van der Waals surface area contributed by atoms with Crippen molar-refractivity contribution in [3.05, 3.63) is 21.6 Å². The number of anilines is 1. The van der Waals surface area contributed by atoms with E-state index in [9.17, 15) is 4.79 Å². The molecule has 2 heterocycles. The van der Waals surface area contributed by atoms with Crippen molar-refractivity contribution in [1.29, 1.82) is 0 Å². The van der Waals surface area contributed by atoms with E-state index in [2.05, 4.69) is 17.3 Å². The first-order chi connectivity index (χ1) is 9.22. The van der Waals surface area contributed by atoms with Crippen molar-refractivity contribution in [3.8, 4) is 0 Å². The highest BCUT2D eigenvalue weighted by molar-refractivity contribution is 7.99. The van der Waals surface area contributed by atoms with Gasteiger partial charge in [-0.05, 0) is 25.0 Å². The summed E-state index contributed by atoms with van der Waals surface area (Å²) < 4.78 is 1.45. The Labute approximate surface area is 122 Å². The smallest absolute Gasteiger partial charge is 0.287 e. The average Bonchev–Trinajstić information content (AvgIpc) is 2.44. The van der Waals surface area contributed by atoms with E-state index in [0.717, 1.165) is 25.0 Å². The molecule has 1 saturated heterocycles. The SMILES string of the molecule is CCCCn1ncc(NC2CCCSC2)c(Cl)c1=O. The first-order valence-corrected chi connectivity index (χ1v) is 8.35. The van der Waals surface area contributed by atoms with Crippen LogP contribution in [-0.4, -0.2) is 27.3 Å². The summed E-state index contributed by atoms with van der Waals surface area (Å²) in [6, 6.07) is 0.393. The fourth-order valence-corrected chi connectivity index (χ4v) is 3.38. The van der Waals surface area contributed by atoms with E-state index < -0.39 is 0 Å². The van der Waals surface area contributed by atoms with Crippen LogP contribution < -0.4 is 10.9 Å². The summed E-state index contributed by atoms with van der Waals surface area (Å²) in [7, 11) is 0. The second-order valence-electron chi connectivity index (χ2n) is 4.81. The third kappa shape index (κ3) is 3.89.